The van der Waals surface area contributed by atoms with E-state index in [-0.39, 0.29) is 12.7 Å². The minimum absolute atomic E-state index is 0.194. The van der Waals surface area contributed by atoms with Crippen molar-refractivity contribution in [1.82, 2.24) is 0 Å². The molecule has 1 aliphatic carbocycles. The molecule has 0 spiro atoms. The molecule has 0 aromatic heterocycles. The lowest BCUT2D eigenvalue weighted by molar-refractivity contribution is 0.0342. The molecule has 0 bridgehead atoms. The van der Waals surface area contributed by atoms with Crippen molar-refractivity contribution in [3.05, 3.63) is 0 Å². The van der Waals surface area contributed by atoms with E-state index < -0.39 is 0 Å². The fourth-order valence-electron chi connectivity index (χ4n) is 1.48. The van der Waals surface area contributed by atoms with Gasteiger partial charge in [-0.2, -0.15) is 0 Å². The Morgan fingerprint density at radius 2 is 2.50 bits per heavy atom. The Morgan fingerprint density at radius 3 is 2.75 bits per heavy atom. The number of hydrogen-bond acceptors (Lipinski definition) is 2. The van der Waals surface area contributed by atoms with Crippen molar-refractivity contribution in [2.75, 3.05) is 13.2 Å². The molecular weight excluding hydrogens is 104 g/mol. The third-order valence-corrected chi connectivity index (χ3v) is 2.16. The molecule has 3 atom stereocenters. The third-order valence-electron chi connectivity index (χ3n) is 2.16. The Labute approximate surface area is 48.5 Å². The topological polar surface area (TPSA) is 29.5 Å². The largest absolute Gasteiger partial charge is 0.394 e. The quantitative estimate of drug-likeness (QED) is 0.520. The van der Waals surface area contributed by atoms with Gasteiger partial charge in [0.15, 0.2) is 0 Å². The number of fused-ring (bicyclic) bond motifs is 1. The van der Waals surface area contributed by atoms with Crippen LogP contribution in [-0.4, -0.2) is 24.4 Å². The van der Waals surface area contributed by atoms with Gasteiger partial charge < -0.3 is 9.84 Å². The van der Waals surface area contributed by atoms with Gasteiger partial charge in [-0.05, 0) is 18.3 Å². The predicted molar refractivity (Wildman–Crippen MR) is 28.4 cm³/mol. The van der Waals surface area contributed by atoms with Crippen molar-refractivity contribution >= 4 is 0 Å². The fourth-order valence-corrected chi connectivity index (χ4v) is 1.48. The van der Waals surface area contributed by atoms with Crippen LogP contribution in [0.4, 0.5) is 0 Å². The van der Waals surface area contributed by atoms with Gasteiger partial charge in [0.1, 0.15) is 0 Å². The highest BCUT2D eigenvalue weighted by Crippen LogP contribution is 2.47. The van der Waals surface area contributed by atoms with Crippen LogP contribution in [0.25, 0.3) is 0 Å². The summed E-state index contributed by atoms with van der Waals surface area (Å²) in [6.07, 6.45) is 1.49. The lowest BCUT2D eigenvalue weighted by Crippen LogP contribution is -2.14. The summed E-state index contributed by atoms with van der Waals surface area (Å²) in [6.45, 7) is 1.12. The van der Waals surface area contributed by atoms with E-state index in [0.717, 1.165) is 18.4 Å². The van der Waals surface area contributed by atoms with Crippen molar-refractivity contribution in [3.63, 3.8) is 0 Å². The molecule has 2 nitrogen and oxygen atoms in total. The van der Waals surface area contributed by atoms with E-state index >= 15 is 0 Å². The van der Waals surface area contributed by atoms with Gasteiger partial charge in [-0.25, -0.2) is 0 Å². The van der Waals surface area contributed by atoms with E-state index in [4.69, 9.17) is 9.84 Å². The third kappa shape index (κ3) is 0.501. The molecule has 1 N–H and O–H groups in total. The van der Waals surface area contributed by atoms with E-state index in [1.54, 1.807) is 0 Å². The number of rotatable bonds is 1. The highest BCUT2D eigenvalue weighted by molar-refractivity contribution is 4.96. The standard InChI is InChI=1S/C6H10O2/c7-2-6-5-1-4(5)3-8-6/h4-7H,1-3H2/t4-,5-,6?/m1/s1. The maximum Gasteiger partial charge on any atom is 0.0837 e. The summed E-state index contributed by atoms with van der Waals surface area (Å²) in [5.41, 5.74) is 0. The number of hydrogen-bond donors (Lipinski definition) is 1. The first-order valence-corrected chi connectivity index (χ1v) is 3.14. The molecule has 2 fully saturated rings. The summed E-state index contributed by atoms with van der Waals surface area (Å²) in [6, 6.07) is 0. The monoisotopic (exact) mass is 114 g/mol. The van der Waals surface area contributed by atoms with Crippen LogP contribution < -0.4 is 0 Å². The Bertz CT molecular complexity index is 103. The minimum atomic E-state index is 0.194. The van der Waals surface area contributed by atoms with E-state index in [1.165, 1.54) is 6.42 Å². The average Bonchev–Trinajstić information content (AvgIpc) is 2.46. The minimum Gasteiger partial charge on any atom is -0.394 e. The van der Waals surface area contributed by atoms with Crippen LogP contribution in [0.1, 0.15) is 6.42 Å². The molecule has 0 radical (unpaired) electrons. The molecule has 0 aromatic rings. The first-order chi connectivity index (χ1) is 3.92. The molecule has 2 heteroatoms. The maximum absolute atomic E-state index is 8.64. The van der Waals surface area contributed by atoms with Gasteiger partial charge in [0, 0.05) is 0 Å². The molecule has 0 amide bonds. The molecule has 0 aromatic carbocycles. The summed E-state index contributed by atoms with van der Waals surface area (Å²) >= 11 is 0. The Hall–Kier alpha value is -0.0800. The van der Waals surface area contributed by atoms with Gasteiger partial charge in [-0.1, -0.05) is 0 Å². The molecule has 8 heavy (non-hydrogen) atoms. The number of aliphatic hydroxyl groups is 1. The van der Waals surface area contributed by atoms with Gasteiger partial charge in [-0.3, -0.25) is 0 Å². The molecule has 1 unspecified atom stereocenters. The Morgan fingerprint density at radius 1 is 1.62 bits per heavy atom. The maximum atomic E-state index is 8.64. The highest BCUT2D eigenvalue weighted by atomic mass is 16.5. The molecule has 46 valence electrons. The summed E-state index contributed by atoms with van der Waals surface area (Å²) < 4.78 is 5.21. The van der Waals surface area contributed by atoms with E-state index in [9.17, 15) is 0 Å². The first kappa shape index (κ1) is 4.77. The molecule has 1 heterocycles. The van der Waals surface area contributed by atoms with Crippen LogP contribution in [0.15, 0.2) is 0 Å². The summed E-state index contributed by atoms with van der Waals surface area (Å²) in [7, 11) is 0. The zero-order valence-corrected chi connectivity index (χ0v) is 4.71. The molecule has 1 saturated carbocycles. The van der Waals surface area contributed by atoms with Crippen LogP contribution in [0, 0.1) is 11.8 Å². The Kier molecular flexibility index (Phi) is 0.866. The normalized spacial score (nSPS) is 51.4. The van der Waals surface area contributed by atoms with Crippen molar-refractivity contribution in [2.24, 2.45) is 11.8 Å². The van der Waals surface area contributed by atoms with Gasteiger partial charge in [0.25, 0.3) is 0 Å². The predicted octanol–water partition coefficient (Wildman–Crippen LogP) is 0.0136. The van der Waals surface area contributed by atoms with E-state index in [1.807, 2.05) is 0 Å². The molecule has 1 saturated heterocycles. The second-order valence-electron chi connectivity index (χ2n) is 2.71. The van der Waals surface area contributed by atoms with Gasteiger partial charge in [0.2, 0.25) is 0 Å². The number of ether oxygens (including phenoxy) is 1. The van der Waals surface area contributed by atoms with Crippen LogP contribution in [0.3, 0.4) is 0 Å². The fraction of sp³-hybridized carbons (Fsp3) is 1.00. The molecule has 2 aliphatic rings. The highest BCUT2D eigenvalue weighted by Gasteiger charge is 2.48. The van der Waals surface area contributed by atoms with Gasteiger partial charge in [-0.15, -0.1) is 0 Å². The second-order valence-corrected chi connectivity index (χ2v) is 2.71. The van der Waals surface area contributed by atoms with Gasteiger partial charge >= 0.3 is 0 Å². The lowest BCUT2D eigenvalue weighted by Gasteiger charge is -2.05. The Balaban J connectivity index is 1.97. The summed E-state index contributed by atoms with van der Waals surface area (Å²) in [4.78, 5) is 0. The molecule has 2 rings (SSSR count). The van der Waals surface area contributed by atoms with Crippen LogP contribution in [0.5, 0.6) is 0 Å². The SMILES string of the molecule is OCC1OC[C@H]2C[C@@H]12. The van der Waals surface area contributed by atoms with Gasteiger partial charge in [0.05, 0.1) is 19.3 Å². The number of aliphatic hydroxyl groups excluding tert-OH is 1. The summed E-state index contributed by atoms with van der Waals surface area (Å²) in [5.74, 6) is 1.53. The van der Waals surface area contributed by atoms with E-state index in [2.05, 4.69) is 0 Å². The van der Waals surface area contributed by atoms with Crippen LogP contribution >= 0.6 is 0 Å². The van der Waals surface area contributed by atoms with Crippen LogP contribution in [0.2, 0.25) is 0 Å². The summed E-state index contributed by atoms with van der Waals surface area (Å²) in [5, 5.41) is 8.64. The molecule has 1 aliphatic heterocycles. The molecular formula is C6H10O2. The van der Waals surface area contributed by atoms with Crippen LogP contribution in [-0.2, 0) is 4.74 Å². The first-order valence-electron chi connectivity index (χ1n) is 3.14. The smallest absolute Gasteiger partial charge is 0.0837 e. The average molecular weight is 114 g/mol. The van der Waals surface area contributed by atoms with Crippen molar-refractivity contribution in [3.8, 4) is 0 Å². The zero-order chi connectivity index (χ0) is 5.56. The van der Waals surface area contributed by atoms with Crippen molar-refractivity contribution in [1.29, 1.82) is 0 Å². The zero-order valence-electron chi connectivity index (χ0n) is 4.71. The second kappa shape index (κ2) is 1.45. The lowest BCUT2D eigenvalue weighted by atomic mass is 10.2. The van der Waals surface area contributed by atoms with Crippen molar-refractivity contribution in [2.45, 2.75) is 12.5 Å². The van der Waals surface area contributed by atoms with E-state index in [0.29, 0.717) is 0 Å². The van der Waals surface area contributed by atoms with Crippen molar-refractivity contribution < 1.29 is 9.84 Å².